The molecular formula is C20H26N4O2. The summed E-state index contributed by atoms with van der Waals surface area (Å²) in [5.41, 5.74) is 2.35. The standard InChI is InChI=1S/C20H26N4O2/c1-16-3-5-19(6-4-16)26-15-17(2)22-20(25)24-13-11-23(12-14-24)18-7-9-21-10-8-18/h3-10,17H,11-15H2,1-2H3,(H,22,25). The van der Waals surface area contributed by atoms with Gasteiger partial charge >= 0.3 is 6.03 Å². The van der Waals surface area contributed by atoms with E-state index in [2.05, 4.69) is 15.2 Å². The van der Waals surface area contributed by atoms with Crippen molar-refractivity contribution in [3.05, 3.63) is 54.4 Å². The summed E-state index contributed by atoms with van der Waals surface area (Å²) in [5.74, 6) is 0.822. The van der Waals surface area contributed by atoms with E-state index in [4.69, 9.17) is 4.74 Å². The number of aromatic nitrogens is 1. The van der Waals surface area contributed by atoms with E-state index in [0.717, 1.165) is 24.5 Å². The second-order valence-electron chi connectivity index (χ2n) is 6.65. The number of nitrogens with zero attached hydrogens (tertiary/aromatic N) is 3. The van der Waals surface area contributed by atoms with Crippen LogP contribution in [0.3, 0.4) is 0 Å². The van der Waals surface area contributed by atoms with E-state index in [0.29, 0.717) is 19.7 Å². The Morgan fingerprint density at radius 2 is 1.77 bits per heavy atom. The number of carbonyl (C=O) groups excluding carboxylic acids is 1. The van der Waals surface area contributed by atoms with E-state index in [1.807, 2.05) is 55.1 Å². The summed E-state index contributed by atoms with van der Waals surface area (Å²) in [4.78, 5) is 20.6. The minimum Gasteiger partial charge on any atom is -0.491 e. The number of hydrogen-bond acceptors (Lipinski definition) is 4. The topological polar surface area (TPSA) is 57.7 Å². The Bertz CT molecular complexity index is 698. The van der Waals surface area contributed by atoms with Gasteiger partial charge in [0, 0.05) is 44.3 Å². The highest BCUT2D eigenvalue weighted by molar-refractivity contribution is 5.74. The van der Waals surface area contributed by atoms with Gasteiger partial charge in [-0.15, -0.1) is 0 Å². The van der Waals surface area contributed by atoms with Crippen LogP contribution in [0, 0.1) is 6.92 Å². The summed E-state index contributed by atoms with van der Waals surface area (Å²) in [5, 5.41) is 3.02. The summed E-state index contributed by atoms with van der Waals surface area (Å²) in [6, 6.07) is 11.8. The normalized spacial score (nSPS) is 15.5. The molecule has 3 rings (SSSR count). The first-order valence-corrected chi connectivity index (χ1v) is 9.02. The minimum atomic E-state index is -0.0537. The van der Waals surface area contributed by atoms with Crippen molar-refractivity contribution in [3.8, 4) is 5.75 Å². The van der Waals surface area contributed by atoms with Crippen molar-refractivity contribution in [2.24, 2.45) is 0 Å². The number of pyridine rings is 1. The van der Waals surface area contributed by atoms with Crippen molar-refractivity contribution in [2.45, 2.75) is 19.9 Å². The van der Waals surface area contributed by atoms with Crippen LogP contribution in [0.1, 0.15) is 12.5 Å². The first-order valence-electron chi connectivity index (χ1n) is 9.02. The molecule has 6 nitrogen and oxygen atoms in total. The Kier molecular flexibility index (Phi) is 5.94. The maximum Gasteiger partial charge on any atom is 0.317 e. The number of benzene rings is 1. The number of aryl methyl sites for hydroxylation is 1. The largest absolute Gasteiger partial charge is 0.491 e. The van der Waals surface area contributed by atoms with E-state index in [9.17, 15) is 4.79 Å². The van der Waals surface area contributed by atoms with Gasteiger partial charge in [-0.05, 0) is 38.1 Å². The van der Waals surface area contributed by atoms with Crippen LogP contribution in [0.15, 0.2) is 48.8 Å². The number of anilines is 1. The van der Waals surface area contributed by atoms with Crippen molar-refractivity contribution in [3.63, 3.8) is 0 Å². The molecule has 6 heteroatoms. The summed E-state index contributed by atoms with van der Waals surface area (Å²) in [6.07, 6.45) is 3.59. The second kappa shape index (κ2) is 8.56. The lowest BCUT2D eigenvalue weighted by Crippen LogP contribution is -2.53. The molecule has 1 atom stereocenters. The molecular weight excluding hydrogens is 328 g/mol. The van der Waals surface area contributed by atoms with Gasteiger partial charge in [-0.2, -0.15) is 0 Å². The third-order valence-corrected chi connectivity index (χ3v) is 4.49. The van der Waals surface area contributed by atoms with Gasteiger partial charge in [0.15, 0.2) is 0 Å². The molecule has 138 valence electrons. The lowest BCUT2D eigenvalue weighted by Gasteiger charge is -2.36. The summed E-state index contributed by atoms with van der Waals surface area (Å²) >= 11 is 0. The molecule has 1 saturated heterocycles. The molecule has 1 N–H and O–H groups in total. The molecule has 1 fully saturated rings. The van der Waals surface area contributed by atoms with E-state index < -0.39 is 0 Å². The Labute approximate surface area is 154 Å². The number of hydrogen-bond donors (Lipinski definition) is 1. The SMILES string of the molecule is Cc1ccc(OCC(C)NC(=O)N2CCN(c3ccncc3)CC2)cc1. The third kappa shape index (κ3) is 4.88. The van der Waals surface area contributed by atoms with Gasteiger partial charge in [0.2, 0.25) is 0 Å². The average molecular weight is 354 g/mol. The first kappa shape index (κ1) is 18.0. The quantitative estimate of drug-likeness (QED) is 0.897. The third-order valence-electron chi connectivity index (χ3n) is 4.49. The second-order valence-corrected chi connectivity index (χ2v) is 6.65. The molecule has 1 aliphatic heterocycles. The molecule has 0 radical (unpaired) electrons. The number of rotatable bonds is 5. The molecule has 26 heavy (non-hydrogen) atoms. The fourth-order valence-electron chi connectivity index (χ4n) is 2.92. The van der Waals surface area contributed by atoms with E-state index in [1.54, 1.807) is 12.4 Å². The smallest absolute Gasteiger partial charge is 0.317 e. The molecule has 1 aromatic carbocycles. The molecule has 1 aliphatic rings. The molecule has 0 spiro atoms. The Balaban J connectivity index is 1.41. The van der Waals surface area contributed by atoms with Gasteiger partial charge in [0.1, 0.15) is 12.4 Å². The molecule has 0 saturated carbocycles. The highest BCUT2D eigenvalue weighted by Crippen LogP contribution is 2.15. The van der Waals surface area contributed by atoms with E-state index in [-0.39, 0.29) is 12.1 Å². The summed E-state index contributed by atoms with van der Waals surface area (Å²) in [6.45, 7) is 7.52. The Morgan fingerprint density at radius 3 is 2.42 bits per heavy atom. The summed E-state index contributed by atoms with van der Waals surface area (Å²) < 4.78 is 5.74. The van der Waals surface area contributed by atoms with Crippen molar-refractivity contribution in [1.29, 1.82) is 0 Å². The van der Waals surface area contributed by atoms with Crippen molar-refractivity contribution >= 4 is 11.7 Å². The predicted molar refractivity (Wildman–Crippen MR) is 103 cm³/mol. The van der Waals surface area contributed by atoms with Gasteiger partial charge in [0.05, 0.1) is 6.04 Å². The monoisotopic (exact) mass is 354 g/mol. The highest BCUT2D eigenvalue weighted by atomic mass is 16.5. The van der Waals surface area contributed by atoms with Crippen LogP contribution in [0.5, 0.6) is 5.75 Å². The highest BCUT2D eigenvalue weighted by Gasteiger charge is 2.22. The molecule has 2 amide bonds. The van der Waals surface area contributed by atoms with Crippen molar-refractivity contribution in [1.82, 2.24) is 15.2 Å². The van der Waals surface area contributed by atoms with Crippen LogP contribution in [-0.4, -0.2) is 54.7 Å². The lowest BCUT2D eigenvalue weighted by atomic mass is 10.2. The lowest BCUT2D eigenvalue weighted by molar-refractivity contribution is 0.184. The number of piperazine rings is 1. The fourth-order valence-corrected chi connectivity index (χ4v) is 2.92. The van der Waals surface area contributed by atoms with E-state index in [1.165, 1.54) is 5.56 Å². The van der Waals surface area contributed by atoms with Crippen LogP contribution >= 0.6 is 0 Å². The fraction of sp³-hybridized carbons (Fsp3) is 0.400. The molecule has 1 unspecified atom stereocenters. The number of urea groups is 1. The first-order chi connectivity index (χ1) is 12.6. The van der Waals surface area contributed by atoms with Crippen LogP contribution < -0.4 is 15.0 Å². The molecule has 2 aromatic rings. The molecule has 0 aliphatic carbocycles. The predicted octanol–water partition coefficient (Wildman–Crippen LogP) is 2.69. The van der Waals surface area contributed by atoms with Crippen LogP contribution in [0.2, 0.25) is 0 Å². The zero-order chi connectivity index (χ0) is 18.4. The zero-order valence-electron chi connectivity index (χ0n) is 15.4. The van der Waals surface area contributed by atoms with E-state index >= 15 is 0 Å². The number of carbonyl (C=O) groups is 1. The molecule has 1 aromatic heterocycles. The van der Waals surface area contributed by atoms with Gasteiger partial charge in [-0.25, -0.2) is 4.79 Å². The van der Waals surface area contributed by atoms with Crippen molar-refractivity contribution < 1.29 is 9.53 Å². The maximum atomic E-state index is 12.4. The van der Waals surface area contributed by atoms with Crippen LogP contribution in [0.4, 0.5) is 10.5 Å². The molecule has 0 bridgehead atoms. The van der Waals surface area contributed by atoms with Crippen molar-refractivity contribution in [2.75, 3.05) is 37.7 Å². The van der Waals surface area contributed by atoms with Gasteiger partial charge < -0.3 is 19.9 Å². The maximum absolute atomic E-state index is 12.4. The number of nitrogens with one attached hydrogen (secondary N) is 1. The summed E-state index contributed by atoms with van der Waals surface area (Å²) in [7, 11) is 0. The van der Waals surface area contributed by atoms with Gasteiger partial charge in [-0.1, -0.05) is 17.7 Å². The van der Waals surface area contributed by atoms with Crippen LogP contribution in [0.25, 0.3) is 0 Å². The average Bonchev–Trinajstić information content (AvgIpc) is 2.68. The van der Waals surface area contributed by atoms with Gasteiger partial charge in [0.25, 0.3) is 0 Å². The number of amides is 2. The Morgan fingerprint density at radius 1 is 1.12 bits per heavy atom. The molecule has 2 heterocycles. The van der Waals surface area contributed by atoms with Crippen LogP contribution in [-0.2, 0) is 0 Å². The number of ether oxygens (including phenoxy) is 1. The zero-order valence-corrected chi connectivity index (χ0v) is 15.4. The minimum absolute atomic E-state index is 0.0283. The van der Waals surface area contributed by atoms with Gasteiger partial charge in [-0.3, -0.25) is 4.98 Å². The Hall–Kier alpha value is -2.76.